The lowest BCUT2D eigenvalue weighted by molar-refractivity contribution is -0.385. The zero-order chi connectivity index (χ0) is 30.6. The van der Waals surface area contributed by atoms with Crippen molar-refractivity contribution in [1.82, 2.24) is 9.66 Å². The van der Waals surface area contributed by atoms with E-state index in [1.54, 1.807) is 24.3 Å². The summed E-state index contributed by atoms with van der Waals surface area (Å²) in [7, 11) is 1.19. The average molecular weight is 637 g/mol. The maximum Gasteiger partial charge on any atom is 0.343 e. The highest BCUT2D eigenvalue weighted by Crippen LogP contribution is 2.37. The lowest BCUT2D eigenvalue weighted by Crippen LogP contribution is -2.21. The second-order valence-electron chi connectivity index (χ2n) is 9.58. The first kappa shape index (κ1) is 30.4. The number of fused-ring (bicyclic) bond motifs is 1. The summed E-state index contributed by atoms with van der Waals surface area (Å²) in [4.78, 5) is 41.2. The number of methoxy groups -OCH3 is 1. The van der Waals surface area contributed by atoms with Gasteiger partial charge >= 0.3 is 11.7 Å². The van der Waals surface area contributed by atoms with Gasteiger partial charge in [-0.05, 0) is 77.2 Å². The number of aromatic nitrogens is 2. The molecule has 1 aromatic heterocycles. The van der Waals surface area contributed by atoms with Crippen molar-refractivity contribution >= 4 is 44.7 Å². The largest absolute Gasteiger partial charge is 0.494 e. The number of nitro benzene ring substituents is 1. The SMILES string of the molecule is CCOc1cc(C)c(-c2nc3ccccc3c(=O)n2N=Cc2cc(Br)c(OCC(=O)OC)c([N+](=O)[O-])c2)cc1C(C)C. The number of rotatable bonds is 10. The van der Waals surface area contributed by atoms with Gasteiger partial charge in [-0.2, -0.15) is 9.78 Å². The molecule has 4 aromatic rings. The quantitative estimate of drug-likeness (QED) is 0.0895. The van der Waals surface area contributed by atoms with Crippen LogP contribution in [0.1, 0.15) is 43.4 Å². The summed E-state index contributed by atoms with van der Waals surface area (Å²) in [5.41, 5.74) is 2.49. The Morgan fingerprint density at radius 2 is 1.93 bits per heavy atom. The highest BCUT2D eigenvalue weighted by molar-refractivity contribution is 9.10. The van der Waals surface area contributed by atoms with E-state index in [1.165, 1.54) is 30.1 Å². The predicted octanol–water partition coefficient (Wildman–Crippen LogP) is 6.00. The molecule has 0 atom stereocenters. The normalized spacial score (nSPS) is 11.3. The number of hydrogen-bond donors (Lipinski definition) is 0. The van der Waals surface area contributed by atoms with Gasteiger partial charge in [-0.15, -0.1) is 0 Å². The van der Waals surface area contributed by atoms with Crippen LogP contribution in [0.5, 0.6) is 11.5 Å². The third kappa shape index (κ3) is 6.33. The molecule has 0 saturated carbocycles. The molecule has 0 spiro atoms. The van der Waals surface area contributed by atoms with Gasteiger partial charge in [0.25, 0.3) is 5.56 Å². The number of halogens is 1. The summed E-state index contributed by atoms with van der Waals surface area (Å²) < 4.78 is 17.2. The minimum absolute atomic E-state index is 0.132. The van der Waals surface area contributed by atoms with E-state index < -0.39 is 28.7 Å². The highest BCUT2D eigenvalue weighted by atomic mass is 79.9. The van der Waals surface area contributed by atoms with Crippen molar-refractivity contribution in [3.8, 4) is 22.9 Å². The van der Waals surface area contributed by atoms with E-state index in [2.05, 4.69) is 39.6 Å². The molecule has 0 bridgehead atoms. The Hall–Kier alpha value is -4.58. The Bertz CT molecular complexity index is 1770. The molecule has 1 heterocycles. The summed E-state index contributed by atoms with van der Waals surface area (Å²) in [6.45, 7) is 7.94. The number of carbonyl (C=O) groups is 1. The zero-order valence-electron chi connectivity index (χ0n) is 23.7. The average Bonchev–Trinajstić information content (AvgIpc) is 2.95. The second kappa shape index (κ2) is 12.9. The van der Waals surface area contributed by atoms with Crippen molar-refractivity contribution in [2.24, 2.45) is 5.10 Å². The van der Waals surface area contributed by atoms with Gasteiger partial charge in [-0.3, -0.25) is 14.9 Å². The van der Waals surface area contributed by atoms with Gasteiger partial charge < -0.3 is 14.2 Å². The number of aryl methyl sites for hydroxylation is 1. The predicted molar refractivity (Wildman–Crippen MR) is 163 cm³/mol. The summed E-state index contributed by atoms with van der Waals surface area (Å²) in [6, 6.07) is 13.6. The Labute approximate surface area is 250 Å². The van der Waals surface area contributed by atoms with Crippen LogP contribution in [-0.2, 0) is 9.53 Å². The molecule has 0 amide bonds. The molecule has 0 radical (unpaired) electrons. The van der Waals surface area contributed by atoms with Crippen LogP contribution >= 0.6 is 15.9 Å². The molecule has 0 unspecified atom stereocenters. The van der Waals surface area contributed by atoms with Gasteiger partial charge in [0.15, 0.2) is 12.4 Å². The first-order chi connectivity index (χ1) is 20.0. The standard InChI is InChI=1S/C30H29BrN4O7/c1-6-41-26-11-18(4)22(14-21(26)17(2)3)29-33-24-10-8-7-9-20(24)30(37)34(29)32-15-19-12-23(31)28(25(13-19)35(38)39)42-16-27(36)40-5/h7-15,17H,6,16H2,1-5H3. The van der Waals surface area contributed by atoms with Crippen LogP contribution in [0.15, 0.2) is 62.9 Å². The summed E-state index contributed by atoms with van der Waals surface area (Å²) in [5.74, 6) is 0.372. The summed E-state index contributed by atoms with van der Waals surface area (Å²) >= 11 is 3.28. The summed E-state index contributed by atoms with van der Waals surface area (Å²) in [6.07, 6.45) is 1.33. The molecule has 218 valence electrons. The molecule has 0 N–H and O–H groups in total. The maximum absolute atomic E-state index is 13.7. The number of para-hydroxylation sites is 1. The number of benzene rings is 3. The molecular formula is C30H29BrN4O7. The van der Waals surface area contributed by atoms with Gasteiger partial charge in [-0.1, -0.05) is 26.0 Å². The number of esters is 1. The fraction of sp³-hybridized carbons (Fsp3) is 0.267. The van der Waals surface area contributed by atoms with Crippen LogP contribution in [0.2, 0.25) is 0 Å². The Morgan fingerprint density at radius 1 is 1.19 bits per heavy atom. The van der Waals surface area contributed by atoms with Crippen molar-refractivity contribution in [2.75, 3.05) is 20.3 Å². The van der Waals surface area contributed by atoms with Gasteiger partial charge in [0.05, 0.1) is 40.2 Å². The molecule has 12 heteroatoms. The third-order valence-corrected chi connectivity index (χ3v) is 6.99. The van der Waals surface area contributed by atoms with Crippen molar-refractivity contribution in [2.45, 2.75) is 33.6 Å². The first-order valence-electron chi connectivity index (χ1n) is 13.1. The van der Waals surface area contributed by atoms with E-state index in [-0.39, 0.29) is 16.1 Å². The molecule has 42 heavy (non-hydrogen) atoms. The molecule has 0 fully saturated rings. The Kier molecular flexibility index (Phi) is 9.36. The van der Waals surface area contributed by atoms with Crippen molar-refractivity contribution in [3.63, 3.8) is 0 Å². The van der Waals surface area contributed by atoms with E-state index in [0.29, 0.717) is 34.5 Å². The lowest BCUT2D eigenvalue weighted by Gasteiger charge is -2.18. The van der Waals surface area contributed by atoms with Gasteiger partial charge in [0, 0.05) is 17.2 Å². The smallest absolute Gasteiger partial charge is 0.343 e. The van der Waals surface area contributed by atoms with E-state index in [4.69, 9.17) is 14.5 Å². The lowest BCUT2D eigenvalue weighted by atomic mass is 9.96. The van der Waals surface area contributed by atoms with Crippen molar-refractivity contribution in [1.29, 1.82) is 0 Å². The topological polar surface area (TPSA) is 135 Å². The van der Waals surface area contributed by atoms with Gasteiger partial charge in [0.1, 0.15) is 5.75 Å². The monoisotopic (exact) mass is 636 g/mol. The van der Waals surface area contributed by atoms with E-state index in [9.17, 15) is 19.7 Å². The zero-order valence-corrected chi connectivity index (χ0v) is 25.3. The fourth-order valence-corrected chi connectivity index (χ4v) is 4.92. The van der Waals surface area contributed by atoms with E-state index in [1.807, 2.05) is 26.0 Å². The fourth-order valence-electron chi connectivity index (χ4n) is 4.34. The molecule has 0 aliphatic heterocycles. The van der Waals surface area contributed by atoms with Crippen LogP contribution in [-0.4, -0.2) is 47.1 Å². The number of ether oxygens (including phenoxy) is 3. The maximum atomic E-state index is 13.7. The van der Waals surface area contributed by atoms with Gasteiger partial charge in [-0.25, -0.2) is 9.78 Å². The summed E-state index contributed by atoms with van der Waals surface area (Å²) in [5, 5.41) is 16.6. The van der Waals surface area contributed by atoms with Crippen LogP contribution in [0.3, 0.4) is 0 Å². The van der Waals surface area contributed by atoms with Crippen LogP contribution in [0.4, 0.5) is 5.69 Å². The van der Waals surface area contributed by atoms with Crippen LogP contribution in [0, 0.1) is 17.0 Å². The van der Waals surface area contributed by atoms with Crippen LogP contribution < -0.4 is 15.0 Å². The van der Waals surface area contributed by atoms with Crippen molar-refractivity contribution in [3.05, 3.63) is 90.2 Å². The number of hydrogen-bond acceptors (Lipinski definition) is 9. The highest BCUT2D eigenvalue weighted by Gasteiger charge is 2.22. The number of carbonyl (C=O) groups excluding carboxylic acids is 1. The molecule has 11 nitrogen and oxygen atoms in total. The first-order valence-corrected chi connectivity index (χ1v) is 13.9. The van der Waals surface area contributed by atoms with Gasteiger partial charge in [0.2, 0.25) is 5.75 Å². The van der Waals surface area contributed by atoms with Crippen LogP contribution in [0.25, 0.3) is 22.3 Å². The molecule has 3 aromatic carbocycles. The minimum Gasteiger partial charge on any atom is -0.494 e. The Morgan fingerprint density at radius 3 is 2.60 bits per heavy atom. The number of nitrogens with zero attached hydrogens (tertiary/aromatic N) is 4. The minimum atomic E-state index is -0.692. The third-order valence-electron chi connectivity index (χ3n) is 6.40. The van der Waals surface area contributed by atoms with Crippen molar-refractivity contribution < 1.29 is 23.9 Å². The molecule has 0 aliphatic rings. The molecule has 4 rings (SSSR count). The number of nitro groups is 1. The molecule has 0 aliphatic carbocycles. The van der Waals surface area contributed by atoms with E-state index >= 15 is 0 Å². The molecular weight excluding hydrogens is 608 g/mol. The second-order valence-corrected chi connectivity index (χ2v) is 10.4. The van der Waals surface area contributed by atoms with E-state index in [0.717, 1.165) is 16.9 Å². The Balaban J connectivity index is 1.90. The molecule has 0 saturated heterocycles.